The van der Waals surface area contributed by atoms with Crippen LogP contribution in [0.3, 0.4) is 0 Å². The van der Waals surface area contributed by atoms with Gasteiger partial charge in [0.05, 0.1) is 0 Å². The maximum Gasteiger partial charge on any atom is 0.323 e. The van der Waals surface area contributed by atoms with E-state index in [1.165, 1.54) is 0 Å². The van der Waals surface area contributed by atoms with Crippen molar-refractivity contribution in [2.24, 2.45) is 11.7 Å². The van der Waals surface area contributed by atoms with Gasteiger partial charge in [-0.25, -0.2) is 0 Å². The topological polar surface area (TPSA) is 89.1 Å². The minimum absolute atomic E-state index is 0.0801. The molecule has 1 heterocycles. The Kier molecular flexibility index (Phi) is 4.24. The summed E-state index contributed by atoms with van der Waals surface area (Å²) >= 11 is 3.21. The Balaban J connectivity index is 1.85. The van der Waals surface area contributed by atoms with E-state index in [9.17, 15) is 9.90 Å². The summed E-state index contributed by atoms with van der Waals surface area (Å²) in [7, 11) is 0. The molecule has 2 atom stereocenters. The van der Waals surface area contributed by atoms with Crippen molar-refractivity contribution in [3.05, 3.63) is 5.01 Å². The van der Waals surface area contributed by atoms with Crippen LogP contribution in [-0.4, -0.2) is 32.6 Å². The lowest BCUT2D eigenvalue weighted by Gasteiger charge is -2.26. The van der Waals surface area contributed by atoms with Gasteiger partial charge in [-0.05, 0) is 32.1 Å². The van der Waals surface area contributed by atoms with E-state index in [1.807, 2.05) is 6.92 Å². The Morgan fingerprint density at radius 1 is 1.67 bits per heavy atom. The summed E-state index contributed by atoms with van der Waals surface area (Å²) in [5.41, 5.74) is 4.98. The molecule has 5 nitrogen and oxygen atoms in total. The highest BCUT2D eigenvalue weighted by Gasteiger charge is 2.45. The number of aryl methyl sites for hydroxylation is 1. The number of hydrogen-bond acceptors (Lipinski definition) is 6. The van der Waals surface area contributed by atoms with Gasteiger partial charge in [-0.15, -0.1) is 10.2 Å². The summed E-state index contributed by atoms with van der Waals surface area (Å²) in [6.07, 6.45) is 3.25. The molecule has 1 saturated carbocycles. The highest BCUT2D eigenvalue weighted by atomic mass is 32.2. The SMILES string of the molecule is Cc1nnc(SCCC2CCCC2(N)C(=O)O)s1. The van der Waals surface area contributed by atoms with Gasteiger partial charge in [0.25, 0.3) is 0 Å². The van der Waals surface area contributed by atoms with E-state index in [-0.39, 0.29) is 5.92 Å². The molecule has 2 rings (SSSR count). The highest BCUT2D eigenvalue weighted by molar-refractivity contribution is 8.01. The molecule has 1 aromatic heterocycles. The average Bonchev–Trinajstić information content (AvgIpc) is 2.87. The predicted molar refractivity (Wildman–Crippen MR) is 71.9 cm³/mol. The lowest BCUT2D eigenvalue weighted by atomic mass is 9.86. The fourth-order valence-electron chi connectivity index (χ4n) is 2.41. The molecule has 18 heavy (non-hydrogen) atoms. The number of carboxylic acid groups (broad SMARTS) is 1. The number of aromatic nitrogens is 2. The molecule has 100 valence electrons. The fraction of sp³-hybridized carbons (Fsp3) is 0.727. The Labute approximate surface area is 114 Å². The van der Waals surface area contributed by atoms with E-state index >= 15 is 0 Å². The van der Waals surface area contributed by atoms with Crippen molar-refractivity contribution in [3.8, 4) is 0 Å². The van der Waals surface area contributed by atoms with Gasteiger partial charge in [0.1, 0.15) is 10.5 Å². The lowest BCUT2D eigenvalue weighted by molar-refractivity contribution is -0.144. The smallest absolute Gasteiger partial charge is 0.323 e. The third-order valence-electron chi connectivity index (χ3n) is 3.47. The van der Waals surface area contributed by atoms with Crippen molar-refractivity contribution < 1.29 is 9.90 Å². The molecule has 2 unspecified atom stereocenters. The van der Waals surface area contributed by atoms with Gasteiger partial charge in [0.2, 0.25) is 0 Å². The summed E-state index contributed by atoms with van der Waals surface area (Å²) < 4.78 is 0.948. The van der Waals surface area contributed by atoms with E-state index in [2.05, 4.69) is 10.2 Å². The number of thioether (sulfide) groups is 1. The predicted octanol–water partition coefficient (Wildman–Crippen LogP) is 1.91. The zero-order chi connectivity index (χ0) is 13.2. The van der Waals surface area contributed by atoms with Crippen molar-refractivity contribution in [3.63, 3.8) is 0 Å². The molecule has 0 aliphatic heterocycles. The van der Waals surface area contributed by atoms with Crippen LogP contribution in [0, 0.1) is 12.8 Å². The van der Waals surface area contributed by atoms with Gasteiger partial charge in [0.15, 0.2) is 4.34 Å². The highest BCUT2D eigenvalue weighted by Crippen LogP contribution is 2.37. The molecule has 1 aliphatic carbocycles. The number of carbonyl (C=O) groups is 1. The molecule has 0 bridgehead atoms. The standard InChI is InChI=1S/C11H17N3O2S2/c1-7-13-14-10(18-7)17-6-4-8-3-2-5-11(8,12)9(15)16/h8H,2-6,12H2,1H3,(H,15,16). The molecule has 3 N–H and O–H groups in total. The quantitative estimate of drug-likeness (QED) is 0.804. The van der Waals surface area contributed by atoms with Crippen LogP contribution in [0.2, 0.25) is 0 Å². The summed E-state index contributed by atoms with van der Waals surface area (Å²) in [5.74, 6) is 0.0733. The molecule has 0 aromatic carbocycles. The van der Waals surface area contributed by atoms with Gasteiger partial charge < -0.3 is 10.8 Å². The maximum absolute atomic E-state index is 11.2. The van der Waals surface area contributed by atoms with Crippen LogP contribution in [0.15, 0.2) is 4.34 Å². The Bertz CT molecular complexity index is 438. The zero-order valence-electron chi connectivity index (χ0n) is 10.3. The van der Waals surface area contributed by atoms with Crippen LogP contribution in [0.1, 0.15) is 30.7 Å². The number of rotatable bonds is 5. The Hall–Kier alpha value is -0.660. The second kappa shape index (κ2) is 5.54. The molecular weight excluding hydrogens is 270 g/mol. The average molecular weight is 287 g/mol. The monoisotopic (exact) mass is 287 g/mol. The van der Waals surface area contributed by atoms with Gasteiger partial charge in [-0.1, -0.05) is 29.5 Å². The van der Waals surface area contributed by atoms with E-state index < -0.39 is 11.5 Å². The molecule has 7 heteroatoms. The molecule has 0 radical (unpaired) electrons. The molecular formula is C11H17N3O2S2. The van der Waals surface area contributed by atoms with Crippen LogP contribution in [0.5, 0.6) is 0 Å². The van der Waals surface area contributed by atoms with E-state index in [0.29, 0.717) is 6.42 Å². The third kappa shape index (κ3) is 2.84. The van der Waals surface area contributed by atoms with E-state index in [4.69, 9.17) is 5.73 Å². The van der Waals surface area contributed by atoms with Crippen LogP contribution in [0.25, 0.3) is 0 Å². The van der Waals surface area contributed by atoms with Crippen LogP contribution in [0.4, 0.5) is 0 Å². The van der Waals surface area contributed by atoms with Crippen LogP contribution < -0.4 is 5.73 Å². The van der Waals surface area contributed by atoms with E-state index in [1.54, 1.807) is 23.1 Å². The zero-order valence-corrected chi connectivity index (χ0v) is 11.9. The third-order valence-corrected chi connectivity index (χ3v) is 5.47. The molecule has 1 aromatic rings. The summed E-state index contributed by atoms with van der Waals surface area (Å²) in [5, 5.41) is 18.2. The van der Waals surface area contributed by atoms with Crippen molar-refractivity contribution in [1.82, 2.24) is 10.2 Å². The van der Waals surface area contributed by atoms with Crippen molar-refractivity contribution in [2.45, 2.75) is 42.5 Å². The first-order valence-corrected chi connectivity index (χ1v) is 7.78. The normalized spacial score (nSPS) is 27.6. The Morgan fingerprint density at radius 3 is 3.06 bits per heavy atom. The van der Waals surface area contributed by atoms with Gasteiger partial charge in [-0.2, -0.15) is 0 Å². The molecule has 1 fully saturated rings. The number of nitrogens with zero attached hydrogens (tertiary/aromatic N) is 2. The first kappa shape index (κ1) is 13.8. The number of aliphatic carboxylic acids is 1. The van der Waals surface area contributed by atoms with Crippen LogP contribution in [-0.2, 0) is 4.79 Å². The second-order valence-corrected chi connectivity index (χ2v) is 7.18. The number of hydrogen-bond donors (Lipinski definition) is 2. The van der Waals surface area contributed by atoms with Crippen LogP contribution >= 0.6 is 23.1 Å². The van der Waals surface area contributed by atoms with Gasteiger partial charge >= 0.3 is 5.97 Å². The number of carboxylic acids is 1. The molecule has 0 saturated heterocycles. The fourth-order valence-corrected chi connectivity index (χ4v) is 4.35. The molecule has 0 spiro atoms. The van der Waals surface area contributed by atoms with Gasteiger partial charge in [-0.3, -0.25) is 4.79 Å². The van der Waals surface area contributed by atoms with E-state index in [0.717, 1.165) is 34.4 Å². The summed E-state index contributed by atoms with van der Waals surface area (Å²) in [6.45, 7) is 1.92. The van der Waals surface area contributed by atoms with Crippen molar-refractivity contribution in [2.75, 3.05) is 5.75 Å². The van der Waals surface area contributed by atoms with Gasteiger partial charge in [0, 0.05) is 5.75 Å². The largest absolute Gasteiger partial charge is 0.480 e. The van der Waals surface area contributed by atoms with Crippen molar-refractivity contribution in [1.29, 1.82) is 0 Å². The van der Waals surface area contributed by atoms with Crippen molar-refractivity contribution >= 4 is 29.1 Å². The number of nitrogens with two attached hydrogens (primary N) is 1. The minimum atomic E-state index is -1.02. The maximum atomic E-state index is 11.2. The molecule has 0 amide bonds. The first-order valence-electron chi connectivity index (χ1n) is 5.97. The minimum Gasteiger partial charge on any atom is -0.480 e. The molecule has 1 aliphatic rings. The second-order valence-electron chi connectivity index (χ2n) is 4.66. The summed E-state index contributed by atoms with van der Waals surface area (Å²) in [4.78, 5) is 11.2. The summed E-state index contributed by atoms with van der Waals surface area (Å²) in [6, 6.07) is 0. The first-order chi connectivity index (χ1) is 8.52. The lowest BCUT2D eigenvalue weighted by Crippen LogP contribution is -2.51. The Morgan fingerprint density at radius 2 is 2.44 bits per heavy atom.